The predicted octanol–water partition coefficient (Wildman–Crippen LogP) is 3.17. The quantitative estimate of drug-likeness (QED) is 0.804. The van der Waals surface area contributed by atoms with Crippen LogP contribution >= 0.6 is 0 Å². The summed E-state index contributed by atoms with van der Waals surface area (Å²) in [7, 11) is -3.07. The lowest BCUT2D eigenvalue weighted by Gasteiger charge is -2.15. The van der Waals surface area contributed by atoms with Crippen LogP contribution in [0, 0.1) is 13.8 Å². The lowest BCUT2D eigenvalue weighted by atomic mass is 9.92. The number of carbonyl (C=O) groups excluding carboxylic acids is 1. The van der Waals surface area contributed by atoms with Gasteiger partial charge in [0.05, 0.1) is 23.2 Å². The van der Waals surface area contributed by atoms with E-state index in [0.717, 1.165) is 16.8 Å². The van der Waals surface area contributed by atoms with Crippen LogP contribution in [0.25, 0.3) is 0 Å². The van der Waals surface area contributed by atoms with Crippen molar-refractivity contribution in [2.75, 3.05) is 23.4 Å². The highest BCUT2D eigenvalue weighted by Gasteiger charge is 2.32. The Hall–Kier alpha value is -2.35. The number of nitrogens with zero attached hydrogens (tertiary/aromatic N) is 2. The summed E-state index contributed by atoms with van der Waals surface area (Å²) in [5, 5.41) is 7.47. The molecule has 2 aromatic rings. The van der Waals surface area contributed by atoms with Crippen molar-refractivity contribution in [3.05, 3.63) is 41.1 Å². The Morgan fingerprint density at radius 3 is 2.41 bits per heavy atom. The first-order valence-corrected chi connectivity index (χ1v) is 11.6. The average Bonchev–Trinajstić information content (AvgIpc) is 3.15. The Kier molecular flexibility index (Phi) is 5.76. The van der Waals surface area contributed by atoms with E-state index in [1.165, 1.54) is 0 Å². The second-order valence-electron chi connectivity index (χ2n) is 8.83. The van der Waals surface area contributed by atoms with Gasteiger partial charge in [0.15, 0.2) is 16.4 Å². The highest BCUT2D eigenvalue weighted by molar-refractivity contribution is 7.91. The first-order chi connectivity index (χ1) is 13.4. The maximum absolute atomic E-state index is 12.5. The van der Waals surface area contributed by atoms with Gasteiger partial charge in [0, 0.05) is 11.5 Å². The third kappa shape index (κ3) is 5.38. The summed E-state index contributed by atoms with van der Waals surface area (Å²) in [6.45, 7) is 9.89. The normalized spacial score (nSPS) is 18.6. The molecule has 0 radical (unpaired) electrons. The molecule has 0 saturated carbocycles. The van der Waals surface area contributed by atoms with Gasteiger partial charge >= 0.3 is 0 Å². The van der Waals surface area contributed by atoms with Crippen LogP contribution in [0.2, 0.25) is 0 Å². The minimum atomic E-state index is -3.07. The Morgan fingerprint density at radius 2 is 1.86 bits per heavy atom. The van der Waals surface area contributed by atoms with Crippen molar-refractivity contribution >= 4 is 21.6 Å². The third-order valence-corrected chi connectivity index (χ3v) is 6.64. The van der Waals surface area contributed by atoms with Gasteiger partial charge in [-0.25, -0.2) is 13.1 Å². The molecule has 0 bridgehead atoms. The summed E-state index contributed by atoms with van der Waals surface area (Å²) in [6, 6.07) is 7.35. The van der Waals surface area contributed by atoms with E-state index in [1.807, 2.05) is 58.9 Å². The molecular weight excluding hydrogens is 390 g/mol. The van der Waals surface area contributed by atoms with Gasteiger partial charge in [-0.05, 0) is 43.5 Å². The molecule has 1 fully saturated rings. The minimum absolute atomic E-state index is 0.0419. The summed E-state index contributed by atoms with van der Waals surface area (Å²) < 4.78 is 31.1. The number of nitrogens with one attached hydrogen (secondary N) is 1. The van der Waals surface area contributed by atoms with E-state index in [9.17, 15) is 13.2 Å². The molecule has 0 aliphatic carbocycles. The first-order valence-electron chi connectivity index (χ1n) is 9.74. The molecular formula is C21H29N3O4S. The largest absolute Gasteiger partial charge is 0.484 e. The van der Waals surface area contributed by atoms with Crippen LogP contribution in [0.5, 0.6) is 5.75 Å². The molecule has 1 aromatic heterocycles. The fourth-order valence-electron chi connectivity index (χ4n) is 3.44. The number of amides is 1. The van der Waals surface area contributed by atoms with Crippen LogP contribution in [-0.2, 0) is 20.0 Å². The summed E-state index contributed by atoms with van der Waals surface area (Å²) in [5.74, 6) is 1.02. The number of anilines is 1. The van der Waals surface area contributed by atoms with E-state index >= 15 is 0 Å². The molecule has 7 nitrogen and oxygen atoms in total. The molecule has 1 saturated heterocycles. The molecule has 1 N–H and O–H groups in total. The first kappa shape index (κ1) is 21.4. The topological polar surface area (TPSA) is 90.3 Å². The molecule has 29 heavy (non-hydrogen) atoms. The predicted molar refractivity (Wildman–Crippen MR) is 113 cm³/mol. The van der Waals surface area contributed by atoms with Gasteiger partial charge in [-0.1, -0.05) is 26.8 Å². The molecule has 158 valence electrons. The third-order valence-electron chi connectivity index (χ3n) is 4.89. The lowest BCUT2D eigenvalue weighted by molar-refractivity contribution is -0.118. The zero-order valence-corrected chi connectivity index (χ0v) is 18.5. The number of carbonyl (C=O) groups is 1. The van der Waals surface area contributed by atoms with Crippen molar-refractivity contribution in [2.24, 2.45) is 0 Å². The maximum atomic E-state index is 12.5. The zero-order valence-electron chi connectivity index (χ0n) is 17.7. The van der Waals surface area contributed by atoms with Crippen LogP contribution in [0.15, 0.2) is 24.3 Å². The van der Waals surface area contributed by atoms with Gasteiger partial charge in [0.25, 0.3) is 5.91 Å². The molecule has 1 atom stereocenters. The van der Waals surface area contributed by atoms with Gasteiger partial charge in [0.1, 0.15) is 11.6 Å². The lowest BCUT2D eigenvalue weighted by Crippen LogP contribution is -2.24. The molecule has 1 aliphatic rings. The number of aromatic nitrogens is 2. The number of aryl methyl sites for hydroxylation is 2. The summed E-state index contributed by atoms with van der Waals surface area (Å²) >= 11 is 0. The SMILES string of the molecule is Cc1cc(C)cc(OCC(=O)Nc2cc(C(C)(C)C)nn2C2CCS(=O)(=O)C2)c1. The van der Waals surface area contributed by atoms with E-state index < -0.39 is 9.84 Å². The van der Waals surface area contributed by atoms with Crippen molar-refractivity contribution in [1.82, 2.24) is 9.78 Å². The maximum Gasteiger partial charge on any atom is 0.263 e. The summed E-state index contributed by atoms with van der Waals surface area (Å²) in [4.78, 5) is 12.5. The number of sulfone groups is 1. The fourth-order valence-corrected chi connectivity index (χ4v) is 5.14. The highest BCUT2D eigenvalue weighted by Crippen LogP contribution is 2.30. The zero-order chi connectivity index (χ0) is 21.4. The van der Waals surface area contributed by atoms with E-state index in [2.05, 4.69) is 10.4 Å². The van der Waals surface area contributed by atoms with E-state index in [-0.39, 0.29) is 35.5 Å². The van der Waals surface area contributed by atoms with Gasteiger partial charge in [-0.3, -0.25) is 4.79 Å². The molecule has 1 aromatic carbocycles. The molecule has 1 aliphatic heterocycles. The van der Waals surface area contributed by atoms with Gasteiger partial charge in [-0.15, -0.1) is 0 Å². The number of benzene rings is 1. The Morgan fingerprint density at radius 1 is 1.21 bits per heavy atom. The summed E-state index contributed by atoms with van der Waals surface area (Å²) in [5.41, 5.74) is 2.71. The molecule has 8 heteroatoms. The van der Waals surface area contributed by atoms with Gasteiger partial charge in [-0.2, -0.15) is 5.10 Å². The van der Waals surface area contributed by atoms with Crippen molar-refractivity contribution in [3.63, 3.8) is 0 Å². The number of hydrogen-bond acceptors (Lipinski definition) is 5. The van der Waals surface area contributed by atoms with E-state index in [1.54, 1.807) is 4.68 Å². The monoisotopic (exact) mass is 419 g/mol. The van der Waals surface area contributed by atoms with Crippen molar-refractivity contribution < 1.29 is 17.9 Å². The molecule has 2 heterocycles. The number of hydrogen-bond donors (Lipinski definition) is 1. The highest BCUT2D eigenvalue weighted by atomic mass is 32.2. The van der Waals surface area contributed by atoms with E-state index in [0.29, 0.717) is 18.0 Å². The second-order valence-corrected chi connectivity index (χ2v) is 11.1. The smallest absolute Gasteiger partial charge is 0.263 e. The Bertz CT molecular complexity index is 999. The average molecular weight is 420 g/mol. The molecule has 1 unspecified atom stereocenters. The van der Waals surface area contributed by atoms with Crippen LogP contribution in [0.3, 0.4) is 0 Å². The Balaban J connectivity index is 1.76. The van der Waals surface area contributed by atoms with Crippen LogP contribution in [-0.4, -0.2) is 42.2 Å². The van der Waals surface area contributed by atoms with Crippen LogP contribution in [0.1, 0.15) is 50.1 Å². The molecule has 1 amide bonds. The van der Waals surface area contributed by atoms with Crippen LogP contribution in [0.4, 0.5) is 5.82 Å². The number of ether oxygens (including phenoxy) is 1. The molecule has 0 spiro atoms. The van der Waals surface area contributed by atoms with Crippen molar-refractivity contribution in [2.45, 2.75) is 52.5 Å². The van der Waals surface area contributed by atoms with Gasteiger partial charge < -0.3 is 10.1 Å². The van der Waals surface area contributed by atoms with E-state index in [4.69, 9.17) is 4.74 Å². The minimum Gasteiger partial charge on any atom is -0.484 e. The standard InChI is InChI=1S/C21H29N3O4S/c1-14-8-15(2)10-17(9-14)28-12-20(25)22-19-11-18(21(3,4)5)23-24(19)16-6-7-29(26,27)13-16/h8-11,16H,6-7,12-13H2,1-5H3,(H,22,25). The van der Waals surface area contributed by atoms with Crippen molar-refractivity contribution in [3.8, 4) is 5.75 Å². The molecule has 3 rings (SSSR count). The van der Waals surface area contributed by atoms with Gasteiger partial charge in [0.2, 0.25) is 0 Å². The summed E-state index contributed by atoms with van der Waals surface area (Å²) in [6.07, 6.45) is 0.496. The Labute approximate surface area is 172 Å². The van der Waals surface area contributed by atoms with Crippen molar-refractivity contribution in [1.29, 1.82) is 0 Å². The number of rotatable bonds is 5. The second kappa shape index (κ2) is 7.82. The van der Waals surface area contributed by atoms with Crippen LogP contribution < -0.4 is 10.1 Å². The fraction of sp³-hybridized carbons (Fsp3) is 0.524.